The van der Waals surface area contributed by atoms with Crippen molar-refractivity contribution in [2.75, 3.05) is 23.7 Å². The Bertz CT molecular complexity index is 315. The first-order valence-electron chi connectivity index (χ1n) is 5.35. The largest absolute Gasteiger partial charge is 0.397 e. The molecule has 0 saturated heterocycles. The van der Waals surface area contributed by atoms with Gasteiger partial charge in [0.05, 0.1) is 16.4 Å². The Morgan fingerprint density at radius 3 is 2.73 bits per heavy atom. The lowest BCUT2D eigenvalue weighted by atomic mass is 10.3. The first kappa shape index (κ1) is 12.3. The predicted molar refractivity (Wildman–Crippen MR) is 69.1 cm³/mol. The predicted octanol–water partition coefficient (Wildman–Crippen LogP) is 3.05. The quantitative estimate of drug-likeness (QED) is 0.895. The van der Waals surface area contributed by atoms with Gasteiger partial charge in [-0.3, -0.25) is 0 Å². The van der Waals surface area contributed by atoms with Gasteiger partial charge in [-0.25, -0.2) is 4.98 Å². The molecule has 0 atom stereocenters. The summed E-state index contributed by atoms with van der Waals surface area (Å²) in [5.41, 5.74) is 6.35. The van der Waals surface area contributed by atoms with Crippen molar-refractivity contribution in [3.63, 3.8) is 0 Å². The van der Waals surface area contributed by atoms with E-state index in [2.05, 4.69) is 39.7 Å². The van der Waals surface area contributed by atoms with Gasteiger partial charge < -0.3 is 10.6 Å². The molecule has 0 amide bonds. The fraction of sp³-hybridized carbons (Fsp3) is 0.545. The Balaban J connectivity index is 2.81. The van der Waals surface area contributed by atoms with E-state index in [9.17, 15) is 0 Å². The molecule has 0 spiro atoms. The molecule has 0 bridgehead atoms. The second-order valence-corrected chi connectivity index (χ2v) is 4.36. The lowest BCUT2D eigenvalue weighted by Crippen LogP contribution is -2.25. The van der Waals surface area contributed by atoms with Crippen molar-refractivity contribution in [1.29, 1.82) is 0 Å². The summed E-state index contributed by atoms with van der Waals surface area (Å²) < 4.78 is 0.973. The van der Waals surface area contributed by atoms with E-state index in [0.717, 1.165) is 23.4 Å². The van der Waals surface area contributed by atoms with Gasteiger partial charge >= 0.3 is 0 Å². The average Bonchev–Trinajstić information content (AvgIpc) is 2.21. The minimum atomic E-state index is 0.692. The van der Waals surface area contributed by atoms with Crippen LogP contribution in [0.2, 0.25) is 0 Å². The van der Waals surface area contributed by atoms with Crippen LogP contribution in [0.5, 0.6) is 0 Å². The van der Waals surface area contributed by atoms with Crippen LogP contribution < -0.4 is 10.6 Å². The van der Waals surface area contributed by atoms with Crippen molar-refractivity contribution >= 4 is 27.4 Å². The number of aromatic nitrogens is 1. The Hall–Kier alpha value is -0.770. The van der Waals surface area contributed by atoms with Crippen molar-refractivity contribution in [2.24, 2.45) is 0 Å². The van der Waals surface area contributed by atoms with E-state index < -0.39 is 0 Å². The summed E-state index contributed by atoms with van der Waals surface area (Å²) in [7, 11) is 0. The zero-order chi connectivity index (χ0) is 11.3. The first-order valence-corrected chi connectivity index (χ1v) is 6.14. The summed E-state index contributed by atoms with van der Waals surface area (Å²) in [5.74, 6) is 0.986. The van der Waals surface area contributed by atoms with Crippen molar-refractivity contribution in [3.8, 4) is 0 Å². The Morgan fingerprint density at radius 2 is 2.20 bits per heavy atom. The van der Waals surface area contributed by atoms with Crippen LogP contribution in [0.3, 0.4) is 0 Å². The number of hydrogen-bond donors (Lipinski definition) is 1. The molecule has 0 unspecified atom stereocenters. The topological polar surface area (TPSA) is 42.2 Å². The van der Waals surface area contributed by atoms with Crippen molar-refractivity contribution < 1.29 is 0 Å². The minimum absolute atomic E-state index is 0.692. The Morgan fingerprint density at radius 1 is 1.47 bits per heavy atom. The molecule has 4 heteroatoms. The number of nitrogen functional groups attached to an aromatic ring is 1. The molecule has 0 fully saturated rings. The molecule has 3 nitrogen and oxygen atoms in total. The monoisotopic (exact) mass is 271 g/mol. The molecule has 1 aromatic heterocycles. The van der Waals surface area contributed by atoms with E-state index in [1.165, 1.54) is 12.8 Å². The summed E-state index contributed by atoms with van der Waals surface area (Å²) in [6.07, 6.45) is 4.09. The molecule has 0 aliphatic heterocycles. The van der Waals surface area contributed by atoms with Crippen LogP contribution >= 0.6 is 15.9 Å². The van der Waals surface area contributed by atoms with E-state index in [4.69, 9.17) is 5.73 Å². The Labute approximate surface area is 99.8 Å². The molecule has 1 rings (SSSR count). The molecule has 0 radical (unpaired) electrons. The highest BCUT2D eigenvalue weighted by molar-refractivity contribution is 9.10. The van der Waals surface area contributed by atoms with Crippen LogP contribution in [0.25, 0.3) is 0 Å². The number of unbranched alkanes of at least 4 members (excludes halogenated alkanes) is 1. The lowest BCUT2D eigenvalue weighted by Gasteiger charge is -2.22. The summed E-state index contributed by atoms with van der Waals surface area (Å²) >= 11 is 3.50. The van der Waals surface area contributed by atoms with Crippen LogP contribution in [0.4, 0.5) is 11.5 Å². The van der Waals surface area contributed by atoms with Crippen LogP contribution in [0.15, 0.2) is 16.7 Å². The average molecular weight is 272 g/mol. The second-order valence-electron chi connectivity index (χ2n) is 3.51. The molecule has 84 valence electrons. The number of hydrogen-bond acceptors (Lipinski definition) is 3. The number of pyridine rings is 1. The summed E-state index contributed by atoms with van der Waals surface area (Å²) in [6.45, 7) is 6.34. The fourth-order valence-corrected chi connectivity index (χ4v) is 2.06. The molecule has 2 N–H and O–H groups in total. The van der Waals surface area contributed by atoms with Crippen LogP contribution in [0, 0.1) is 0 Å². The molecule has 0 aliphatic rings. The van der Waals surface area contributed by atoms with Gasteiger partial charge in [-0.2, -0.15) is 0 Å². The molecule has 1 aromatic rings. The number of rotatable bonds is 5. The maximum absolute atomic E-state index is 5.66. The van der Waals surface area contributed by atoms with E-state index >= 15 is 0 Å². The molecule has 1 heterocycles. The van der Waals surface area contributed by atoms with Crippen molar-refractivity contribution in [2.45, 2.75) is 26.7 Å². The Kier molecular flexibility index (Phi) is 4.88. The van der Waals surface area contributed by atoms with E-state index in [1.807, 2.05) is 6.07 Å². The third-order valence-corrected chi connectivity index (χ3v) is 2.89. The van der Waals surface area contributed by atoms with Gasteiger partial charge in [-0.1, -0.05) is 13.3 Å². The van der Waals surface area contributed by atoms with Gasteiger partial charge in [0.2, 0.25) is 0 Å². The van der Waals surface area contributed by atoms with Gasteiger partial charge in [0.15, 0.2) is 0 Å². The number of nitrogens with two attached hydrogens (primary N) is 1. The van der Waals surface area contributed by atoms with Crippen LogP contribution in [0.1, 0.15) is 26.7 Å². The lowest BCUT2D eigenvalue weighted by molar-refractivity contribution is 0.723. The maximum atomic E-state index is 5.66. The minimum Gasteiger partial charge on any atom is -0.397 e. The van der Waals surface area contributed by atoms with Gasteiger partial charge in [0.25, 0.3) is 0 Å². The number of halogens is 1. The smallest absolute Gasteiger partial charge is 0.143 e. The van der Waals surface area contributed by atoms with E-state index in [1.54, 1.807) is 6.20 Å². The van der Waals surface area contributed by atoms with Gasteiger partial charge in [0, 0.05) is 13.1 Å². The highest BCUT2D eigenvalue weighted by Gasteiger charge is 2.09. The second kappa shape index (κ2) is 5.95. The highest BCUT2D eigenvalue weighted by atomic mass is 79.9. The van der Waals surface area contributed by atoms with Gasteiger partial charge in [-0.05, 0) is 35.3 Å². The summed E-state index contributed by atoms with van der Waals surface area (Å²) in [4.78, 5) is 6.61. The van der Waals surface area contributed by atoms with E-state index in [-0.39, 0.29) is 0 Å². The third-order valence-electron chi connectivity index (χ3n) is 2.31. The molecule has 0 saturated carbocycles. The normalized spacial score (nSPS) is 10.3. The number of nitrogens with zero attached hydrogens (tertiary/aromatic N) is 2. The fourth-order valence-electron chi connectivity index (χ4n) is 1.44. The molecular weight excluding hydrogens is 254 g/mol. The van der Waals surface area contributed by atoms with Crippen LogP contribution in [-0.4, -0.2) is 18.1 Å². The van der Waals surface area contributed by atoms with Gasteiger partial charge in [-0.15, -0.1) is 0 Å². The molecule has 15 heavy (non-hydrogen) atoms. The zero-order valence-electron chi connectivity index (χ0n) is 9.33. The molecule has 0 aliphatic carbocycles. The van der Waals surface area contributed by atoms with E-state index in [0.29, 0.717) is 5.69 Å². The zero-order valence-corrected chi connectivity index (χ0v) is 10.9. The summed E-state index contributed by atoms with van der Waals surface area (Å²) in [5, 5.41) is 0. The SMILES string of the molecule is CCCCN(CC)c1ncc(N)cc1Br. The first-order chi connectivity index (χ1) is 7.19. The molecule has 0 aromatic carbocycles. The summed E-state index contributed by atoms with van der Waals surface area (Å²) in [6, 6.07) is 1.90. The van der Waals surface area contributed by atoms with Crippen LogP contribution in [-0.2, 0) is 0 Å². The van der Waals surface area contributed by atoms with Gasteiger partial charge in [0.1, 0.15) is 5.82 Å². The maximum Gasteiger partial charge on any atom is 0.143 e. The standard InChI is InChI=1S/C11H18BrN3/c1-3-5-6-15(4-2)11-10(12)7-9(13)8-14-11/h7-8H,3-6,13H2,1-2H3. The number of anilines is 2. The molecular formula is C11H18BrN3. The highest BCUT2D eigenvalue weighted by Crippen LogP contribution is 2.25. The van der Waals surface area contributed by atoms with Crippen molar-refractivity contribution in [3.05, 3.63) is 16.7 Å². The third kappa shape index (κ3) is 3.38. The van der Waals surface area contributed by atoms with Crippen molar-refractivity contribution in [1.82, 2.24) is 4.98 Å².